The van der Waals surface area contributed by atoms with E-state index in [1.807, 2.05) is 0 Å². The van der Waals surface area contributed by atoms with Crippen molar-refractivity contribution in [2.24, 2.45) is 0 Å². The Morgan fingerprint density at radius 3 is 2.48 bits per heavy atom. The zero-order chi connectivity index (χ0) is 15.5. The van der Waals surface area contributed by atoms with Crippen LogP contribution in [0.2, 0.25) is 0 Å². The Kier molecular flexibility index (Phi) is 5.13. The molecular weight excluding hydrogens is 349 g/mol. The van der Waals surface area contributed by atoms with Gasteiger partial charge in [-0.2, -0.15) is 13.2 Å². The topological polar surface area (TPSA) is 32.3 Å². The average molecular weight is 365 g/mol. The standard InChI is InChI=1S/C14H16BrF3N2O/c15-11-8-10(14(16,17)18)4-5-12(11)19-9-13(21)20-6-2-1-3-7-20/h4-5,8,19H,1-3,6-7,9H2. The van der Waals surface area contributed by atoms with Gasteiger partial charge in [0.2, 0.25) is 5.91 Å². The smallest absolute Gasteiger partial charge is 0.375 e. The highest BCUT2D eigenvalue weighted by atomic mass is 79.9. The van der Waals surface area contributed by atoms with Crippen LogP contribution in [0.5, 0.6) is 0 Å². The molecule has 0 spiro atoms. The van der Waals surface area contributed by atoms with Crippen LogP contribution in [0.15, 0.2) is 22.7 Å². The Morgan fingerprint density at radius 1 is 1.24 bits per heavy atom. The van der Waals surface area contributed by atoms with E-state index in [1.54, 1.807) is 4.90 Å². The number of nitrogens with one attached hydrogen (secondary N) is 1. The van der Waals surface area contributed by atoms with Crippen molar-refractivity contribution >= 4 is 27.5 Å². The molecule has 21 heavy (non-hydrogen) atoms. The van der Waals surface area contributed by atoms with Gasteiger partial charge < -0.3 is 10.2 Å². The van der Waals surface area contributed by atoms with Crippen molar-refractivity contribution in [3.05, 3.63) is 28.2 Å². The minimum Gasteiger partial charge on any atom is -0.375 e. The molecule has 0 bridgehead atoms. The van der Waals surface area contributed by atoms with E-state index in [4.69, 9.17) is 0 Å². The van der Waals surface area contributed by atoms with Crippen LogP contribution in [0.1, 0.15) is 24.8 Å². The van der Waals surface area contributed by atoms with Crippen molar-refractivity contribution < 1.29 is 18.0 Å². The van der Waals surface area contributed by atoms with Gasteiger partial charge >= 0.3 is 6.18 Å². The lowest BCUT2D eigenvalue weighted by atomic mass is 10.1. The molecular formula is C14H16BrF3N2O. The van der Waals surface area contributed by atoms with E-state index in [1.165, 1.54) is 6.07 Å². The van der Waals surface area contributed by atoms with Crippen molar-refractivity contribution in [3.63, 3.8) is 0 Å². The first-order valence-corrected chi connectivity index (χ1v) is 7.55. The monoisotopic (exact) mass is 364 g/mol. The summed E-state index contributed by atoms with van der Waals surface area (Å²) in [5, 5.41) is 2.88. The van der Waals surface area contributed by atoms with Gasteiger partial charge in [-0.3, -0.25) is 4.79 Å². The summed E-state index contributed by atoms with van der Waals surface area (Å²) in [6.45, 7) is 1.60. The van der Waals surface area contributed by atoms with Gasteiger partial charge in [0.15, 0.2) is 0 Å². The molecule has 0 radical (unpaired) electrons. The molecule has 7 heteroatoms. The number of benzene rings is 1. The predicted octanol–water partition coefficient (Wildman–Crippen LogP) is 3.89. The number of hydrogen-bond donors (Lipinski definition) is 1. The number of carbonyl (C=O) groups excluding carboxylic acids is 1. The van der Waals surface area contributed by atoms with E-state index >= 15 is 0 Å². The lowest BCUT2D eigenvalue weighted by Gasteiger charge is -2.27. The fraction of sp³-hybridized carbons (Fsp3) is 0.500. The Morgan fingerprint density at radius 2 is 1.90 bits per heavy atom. The van der Waals surface area contributed by atoms with Gasteiger partial charge in [0.05, 0.1) is 12.1 Å². The molecule has 1 aromatic rings. The van der Waals surface area contributed by atoms with E-state index in [2.05, 4.69) is 21.2 Å². The number of carbonyl (C=O) groups is 1. The fourth-order valence-corrected chi connectivity index (χ4v) is 2.78. The molecule has 1 N–H and O–H groups in total. The van der Waals surface area contributed by atoms with Gasteiger partial charge in [0, 0.05) is 23.2 Å². The number of amides is 1. The van der Waals surface area contributed by atoms with E-state index in [9.17, 15) is 18.0 Å². The SMILES string of the molecule is O=C(CNc1ccc(C(F)(F)F)cc1Br)N1CCCCC1. The second kappa shape index (κ2) is 6.68. The van der Waals surface area contributed by atoms with Gasteiger partial charge in [-0.1, -0.05) is 0 Å². The molecule has 1 fully saturated rings. The van der Waals surface area contributed by atoms with Crippen molar-refractivity contribution in [1.82, 2.24) is 4.90 Å². The maximum atomic E-state index is 12.6. The molecule has 0 aliphatic carbocycles. The molecule has 0 unspecified atom stereocenters. The third-order valence-corrected chi connectivity index (χ3v) is 4.09. The first-order valence-electron chi connectivity index (χ1n) is 6.76. The molecule has 0 saturated carbocycles. The first kappa shape index (κ1) is 16.1. The number of nitrogens with zero attached hydrogens (tertiary/aromatic N) is 1. The van der Waals surface area contributed by atoms with Crippen LogP contribution in [0.25, 0.3) is 0 Å². The van der Waals surface area contributed by atoms with Crippen LogP contribution in [0, 0.1) is 0 Å². The van der Waals surface area contributed by atoms with Crippen LogP contribution in [0.4, 0.5) is 18.9 Å². The number of piperidine rings is 1. The zero-order valence-corrected chi connectivity index (χ0v) is 12.9. The van der Waals surface area contributed by atoms with Gasteiger partial charge in [-0.25, -0.2) is 0 Å². The normalized spacial score (nSPS) is 15.9. The van der Waals surface area contributed by atoms with Gasteiger partial charge in [-0.05, 0) is 53.4 Å². The molecule has 1 saturated heterocycles. The molecule has 1 amide bonds. The van der Waals surface area contributed by atoms with Crippen LogP contribution in [-0.2, 0) is 11.0 Å². The minimum absolute atomic E-state index is 0.0264. The molecule has 3 nitrogen and oxygen atoms in total. The van der Waals surface area contributed by atoms with Gasteiger partial charge in [0.1, 0.15) is 0 Å². The Labute approximate surface area is 129 Å². The van der Waals surface area contributed by atoms with E-state index in [0.717, 1.165) is 44.5 Å². The summed E-state index contributed by atoms with van der Waals surface area (Å²) in [6, 6.07) is 3.34. The Balaban J connectivity index is 1.95. The highest BCUT2D eigenvalue weighted by Crippen LogP contribution is 2.33. The molecule has 1 aliphatic heterocycles. The second-order valence-corrected chi connectivity index (χ2v) is 5.84. The lowest BCUT2D eigenvalue weighted by Crippen LogP contribution is -2.39. The predicted molar refractivity (Wildman–Crippen MR) is 78.1 cm³/mol. The molecule has 0 atom stereocenters. The van der Waals surface area contributed by atoms with Crippen LogP contribution < -0.4 is 5.32 Å². The van der Waals surface area contributed by atoms with Crippen molar-refractivity contribution in [1.29, 1.82) is 0 Å². The largest absolute Gasteiger partial charge is 0.416 e. The number of hydrogen-bond acceptors (Lipinski definition) is 2. The molecule has 1 heterocycles. The fourth-order valence-electron chi connectivity index (χ4n) is 2.26. The third kappa shape index (κ3) is 4.36. The second-order valence-electron chi connectivity index (χ2n) is 4.99. The Hall–Kier alpha value is -1.24. The summed E-state index contributed by atoms with van der Waals surface area (Å²) in [4.78, 5) is 13.8. The maximum Gasteiger partial charge on any atom is 0.416 e. The van der Waals surface area contributed by atoms with E-state index < -0.39 is 11.7 Å². The quantitative estimate of drug-likeness (QED) is 0.882. The van der Waals surface area contributed by atoms with Crippen LogP contribution >= 0.6 is 15.9 Å². The van der Waals surface area contributed by atoms with Gasteiger partial charge in [-0.15, -0.1) is 0 Å². The van der Waals surface area contributed by atoms with Crippen molar-refractivity contribution in [2.75, 3.05) is 25.0 Å². The number of anilines is 1. The van der Waals surface area contributed by atoms with Crippen molar-refractivity contribution in [3.8, 4) is 0 Å². The average Bonchev–Trinajstić information content (AvgIpc) is 2.45. The van der Waals surface area contributed by atoms with E-state index in [-0.39, 0.29) is 12.5 Å². The molecule has 0 aromatic heterocycles. The number of likely N-dealkylation sites (tertiary alicyclic amines) is 1. The van der Waals surface area contributed by atoms with Gasteiger partial charge in [0.25, 0.3) is 0 Å². The number of halogens is 4. The van der Waals surface area contributed by atoms with Crippen LogP contribution in [0.3, 0.4) is 0 Å². The summed E-state index contributed by atoms with van der Waals surface area (Å²) < 4.78 is 38.0. The highest BCUT2D eigenvalue weighted by molar-refractivity contribution is 9.10. The maximum absolute atomic E-state index is 12.6. The Bertz CT molecular complexity index is 513. The summed E-state index contributed by atoms with van der Waals surface area (Å²) in [7, 11) is 0. The minimum atomic E-state index is -4.37. The lowest BCUT2D eigenvalue weighted by molar-refractivity contribution is -0.137. The van der Waals surface area contributed by atoms with Crippen molar-refractivity contribution in [2.45, 2.75) is 25.4 Å². The van der Waals surface area contributed by atoms with Crippen LogP contribution in [-0.4, -0.2) is 30.4 Å². The zero-order valence-electron chi connectivity index (χ0n) is 11.3. The summed E-state index contributed by atoms with van der Waals surface area (Å²) in [5.74, 6) is -0.0264. The summed E-state index contributed by atoms with van der Waals surface area (Å²) >= 11 is 3.10. The molecule has 1 aliphatic rings. The summed E-state index contributed by atoms with van der Waals surface area (Å²) in [5.41, 5.74) is -0.240. The number of alkyl halides is 3. The third-order valence-electron chi connectivity index (χ3n) is 3.44. The van der Waals surface area contributed by atoms with E-state index in [0.29, 0.717) is 10.2 Å². The molecule has 1 aromatic carbocycles. The molecule has 116 valence electrons. The first-order chi connectivity index (χ1) is 9.88. The highest BCUT2D eigenvalue weighted by Gasteiger charge is 2.30. The summed E-state index contributed by atoms with van der Waals surface area (Å²) in [6.07, 6.45) is -1.21. The molecule has 2 rings (SSSR count). The number of rotatable bonds is 3.